The van der Waals surface area contributed by atoms with Crippen LogP contribution in [-0.2, 0) is 14.8 Å². The number of alkyl halides is 2. The molecule has 2 aromatic rings. The zero-order chi connectivity index (χ0) is 22.4. The molecule has 0 unspecified atom stereocenters. The second-order valence-corrected chi connectivity index (χ2v) is 8.68. The number of nitrogens with zero attached hydrogens (tertiary/aromatic N) is 1. The number of carbonyl (C=O) groups excluding carboxylic acids is 1. The van der Waals surface area contributed by atoms with E-state index in [0.717, 1.165) is 12.8 Å². The number of halogens is 2. The Hall–Kier alpha value is -2.98. The van der Waals surface area contributed by atoms with Gasteiger partial charge in [-0.15, -0.1) is 0 Å². The first kappa shape index (κ1) is 22.7. The van der Waals surface area contributed by atoms with Crippen molar-refractivity contribution in [3.8, 4) is 11.5 Å². The number of ether oxygens (including phenoxy) is 2. The van der Waals surface area contributed by atoms with Crippen LogP contribution in [0.4, 0.5) is 14.5 Å². The molecule has 7 nitrogen and oxygen atoms in total. The Kier molecular flexibility index (Phi) is 7.24. The highest BCUT2D eigenvalue weighted by Crippen LogP contribution is 2.30. The van der Waals surface area contributed by atoms with Gasteiger partial charge < -0.3 is 14.8 Å². The molecule has 166 valence electrons. The summed E-state index contributed by atoms with van der Waals surface area (Å²) in [6.45, 7) is -1.94. The summed E-state index contributed by atoms with van der Waals surface area (Å²) in [5, 5.41) is 2.64. The largest absolute Gasteiger partial charge is 0.493 e. The smallest absolute Gasteiger partial charge is 0.387 e. The molecule has 0 saturated carbocycles. The standard InChI is InChI=1S/C21H22F2N2O5S/c1-29-19-14-15(4-10-18(19)30-21(22)23)5-11-20(26)24-16-6-8-17(9-7-16)31(27,28)25-12-2-3-13-25/h4-11,14,21H,2-3,12-13H2,1H3,(H,24,26)/b11-5+. The number of methoxy groups -OCH3 is 1. The van der Waals surface area contributed by atoms with Gasteiger partial charge in [0.05, 0.1) is 12.0 Å². The Morgan fingerprint density at radius 3 is 2.39 bits per heavy atom. The van der Waals surface area contributed by atoms with E-state index in [-0.39, 0.29) is 16.4 Å². The first-order chi connectivity index (χ1) is 14.8. The highest BCUT2D eigenvalue weighted by Gasteiger charge is 2.26. The second-order valence-electron chi connectivity index (χ2n) is 6.75. The molecule has 1 N–H and O–H groups in total. The molecule has 1 amide bonds. The van der Waals surface area contributed by atoms with Crippen LogP contribution in [0.5, 0.6) is 11.5 Å². The van der Waals surface area contributed by atoms with Crippen LogP contribution < -0.4 is 14.8 Å². The molecule has 1 aliphatic heterocycles. The lowest BCUT2D eigenvalue weighted by molar-refractivity contribution is -0.111. The summed E-state index contributed by atoms with van der Waals surface area (Å²) >= 11 is 0. The van der Waals surface area contributed by atoms with Gasteiger partial charge in [-0.25, -0.2) is 8.42 Å². The number of benzene rings is 2. The summed E-state index contributed by atoms with van der Waals surface area (Å²) in [5.41, 5.74) is 0.981. The molecular weight excluding hydrogens is 430 g/mol. The van der Waals surface area contributed by atoms with Crippen molar-refractivity contribution in [2.24, 2.45) is 0 Å². The van der Waals surface area contributed by atoms with E-state index < -0.39 is 22.5 Å². The van der Waals surface area contributed by atoms with Gasteiger partial charge in [-0.3, -0.25) is 4.79 Å². The lowest BCUT2D eigenvalue weighted by Gasteiger charge is -2.15. The number of anilines is 1. The average Bonchev–Trinajstić information content (AvgIpc) is 3.29. The lowest BCUT2D eigenvalue weighted by Crippen LogP contribution is -2.27. The van der Waals surface area contributed by atoms with Crippen LogP contribution in [-0.4, -0.2) is 45.4 Å². The van der Waals surface area contributed by atoms with Gasteiger partial charge in [0.25, 0.3) is 0 Å². The summed E-state index contributed by atoms with van der Waals surface area (Å²) in [6.07, 6.45) is 4.45. The molecule has 1 fully saturated rings. The molecule has 0 atom stereocenters. The maximum absolute atomic E-state index is 12.5. The van der Waals surface area contributed by atoms with Crippen molar-refractivity contribution in [2.45, 2.75) is 24.3 Å². The molecule has 3 rings (SSSR count). The Morgan fingerprint density at radius 2 is 1.77 bits per heavy atom. The van der Waals surface area contributed by atoms with Crippen molar-refractivity contribution in [1.82, 2.24) is 4.31 Å². The van der Waals surface area contributed by atoms with Crippen molar-refractivity contribution in [3.05, 3.63) is 54.1 Å². The fraction of sp³-hybridized carbons (Fsp3) is 0.286. The quantitative estimate of drug-likeness (QED) is 0.617. The predicted octanol–water partition coefficient (Wildman–Crippen LogP) is 3.73. The summed E-state index contributed by atoms with van der Waals surface area (Å²) in [4.78, 5) is 12.3. The van der Waals surface area contributed by atoms with E-state index >= 15 is 0 Å². The van der Waals surface area contributed by atoms with Crippen molar-refractivity contribution >= 4 is 27.7 Å². The van der Waals surface area contributed by atoms with E-state index in [9.17, 15) is 22.0 Å². The molecule has 10 heteroatoms. The molecule has 1 aliphatic rings. The zero-order valence-corrected chi connectivity index (χ0v) is 17.6. The molecule has 0 aromatic heterocycles. The monoisotopic (exact) mass is 452 g/mol. The van der Waals surface area contributed by atoms with Crippen molar-refractivity contribution in [2.75, 3.05) is 25.5 Å². The first-order valence-corrected chi connectivity index (χ1v) is 11.0. The first-order valence-electron chi connectivity index (χ1n) is 9.52. The maximum Gasteiger partial charge on any atom is 0.387 e. The number of hydrogen-bond donors (Lipinski definition) is 1. The highest BCUT2D eigenvalue weighted by atomic mass is 32.2. The predicted molar refractivity (Wildman–Crippen MR) is 112 cm³/mol. The Bertz CT molecular complexity index is 1050. The van der Waals surface area contributed by atoms with E-state index in [4.69, 9.17) is 4.74 Å². The van der Waals surface area contributed by atoms with Gasteiger partial charge in [-0.05, 0) is 60.9 Å². The van der Waals surface area contributed by atoms with Crippen LogP contribution >= 0.6 is 0 Å². The third kappa shape index (κ3) is 5.80. The van der Waals surface area contributed by atoms with Crippen LogP contribution in [0.25, 0.3) is 6.08 Å². The number of nitrogens with one attached hydrogen (secondary N) is 1. The van der Waals surface area contributed by atoms with E-state index in [1.807, 2.05) is 0 Å². The van der Waals surface area contributed by atoms with Crippen LogP contribution in [0.1, 0.15) is 18.4 Å². The molecule has 1 saturated heterocycles. The Labute approximate surface area is 179 Å². The third-order valence-corrected chi connectivity index (χ3v) is 6.57. The van der Waals surface area contributed by atoms with Crippen LogP contribution in [0.2, 0.25) is 0 Å². The second kappa shape index (κ2) is 9.88. The van der Waals surface area contributed by atoms with Crippen molar-refractivity contribution in [3.63, 3.8) is 0 Å². The normalized spacial score (nSPS) is 14.8. The molecule has 0 radical (unpaired) electrons. The van der Waals surface area contributed by atoms with Crippen LogP contribution in [0.3, 0.4) is 0 Å². The number of amides is 1. The molecule has 0 bridgehead atoms. The molecule has 0 aliphatic carbocycles. The topological polar surface area (TPSA) is 84.9 Å². The molecular formula is C21H22F2N2O5S. The minimum absolute atomic E-state index is 0.108. The van der Waals surface area contributed by atoms with Gasteiger partial charge >= 0.3 is 6.61 Å². The van der Waals surface area contributed by atoms with Gasteiger partial charge in [0.1, 0.15) is 0 Å². The van der Waals surface area contributed by atoms with Crippen molar-refractivity contribution in [1.29, 1.82) is 0 Å². The molecule has 2 aromatic carbocycles. The molecule has 1 heterocycles. The van der Waals surface area contributed by atoms with E-state index in [1.165, 1.54) is 66.0 Å². The lowest BCUT2D eigenvalue weighted by atomic mass is 10.2. The number of sulfonamides is 1. The zero-order valence-electron chi connectivity index (χ0n) is 16.8. The van der Waals surface area contributed by atoms with Gasteiger partial charge in [0, 0.05) is 24.9 Å². The van der Waals surface area contributed by atoms with E-state index in [0.29, 0.717) is 24.3 Å². The van der Waals surface area contributed by atoms with E-state index in [1.54, 1.807) is 0 Å². The number of carbonyl (C=O) groups is 1. The van der Waals surface area contributed by atoms with Crippen LogP contribution in [0, 0.1) is 0 Å². The summed E-state index contributed by atoms with van der Waals surface area (Å²) < 4.78 is 60.7. The van der Waals surface area contributed by atoms with E-state index in [2.05, 4.69) is 10.1 Å². The van der Waals surface area contributed by atoms with Gasteiger partial charge in [-0.1, -0.05) is 6.07 Å². The number of rotatable bonds is 8. The summed E-state index contributed by atoms with van der Waals surface area (Å²) in [6, 6.07) is 10.2. The molecule has 0 spiro atoms. The van der Waals surface area contributed by atoms with Crippen molar-refractivity contribution < 1.29 is 31.5 Å². The van der Waals surface area contributed by atoms with Gasteiger partial charge in [0.2, 0.25) is 15.9 Å². The van der Waals surface area contributed by atoms with Gasteiger partial charge in [0.15, 0.2) is 11.5 Å². The SMILES string of the molecule is COc1cc(/C=C/C(=O)Nc2ccc(S(=O)(=O)N3CCCC3)cc2)ccc1OC(F)F. The Balaban J connectivity index is 1.63. The third-order valence-electron chi connectivity index (χ3n) is 4.66. The minimum atomic E-state index is -3.51. The van der Waals surface area contributed by atoms with Crippen LogP contribution in [0.15, 0.2) is 53.4 Å². The fourth-order valence-electron chi connectivity index (χ4n) is 3.12. The summed E-state index contributed by atoms with van der Waals surface area (Å²) in [5.74, 6) is -0.442. The number of hydrogen-bond acceptors (Lipinski definition) is 5. The maximum atomic E-state index is 12.5. The average molecular weight is 452 g/mol. The minimum Gasteiger partial charge on any atom is -0.493 e. The summed E-state index contributed by atoms with van der Waals surface area (Å²) in [7, 11) is -2.19. The highest BCUT2D eigenvalue weighted by molar-refractivity contribution is 7.89. The Morgan fingerprint density at radius 1 is 1.10 bits per heavy atom. The van der Waals surface area contributed by atoms with Gasteiger partial charge in [-0.2, -0.15) is 13.1 Å². The fourth-order valence-corrected chi connectivity index (χ4v) is 4.64. The molecule has 31 heavy (non-hydrogen) atoms.